The highest BCUT2D eigenvalue weighted by Gasteiger charge is 2.52. The molecule has 0 atom stereocenters. The first-order chi connectivity index (χ1) is 39.2. The second-order valence-electron chi connectivity index (χ2n) is 20.8. The van der Waals surface area contributed by atoms with Gasteiger partial charge in [-0.1, -0.05) is 218 Å². The molecule has 2 nitrogen and oxygen atoms in total. The van der Waals surface area contributed by atoms with E-state index in [0.29, 0.717) is 0 Å². The van der Waals surface area contributed by atoms with Crippen LogP contribution in [0.25, 0.3) is 77.5 Å². The molecule has 0 saturated carbocycles. The predicted molar refractivity (Wildman–Crippen MR) is 331 cm³/mol. The monoisotopic (exact) mass is 1000 g/mol. The van der Waals surface area contributed by atoms with Crippen LogP contribution in [-0.2, 0) is 5.41 Å². The fraction of sp³-hybridized carbons (Fsp3) is 0.0130. The van der Waals surface area contributed by atoms with Gasteiger partial charge in [0.1, 0.15) is 0 Å². The molecule has 0 unspecified atom stereocenters. The molecular formula is C77H52N2. The van der Waals surface area contributed by atoms with E-state index in [0.717, 1.165) is 34.1 Å². The van der Waals surface area contributed by atoms with Gasteiger partial charge in [-0.3, -0.25) is 0 Å². The highest BCUT2D eigenvalue weighted by molar-refractivity contribution is 6.02. The first-order valence-electron chi connectivity index (χ1n) is 27.3. The van der Waals surface area contributed by atoms with Gasteiger partial charge in [0, 0.05) is 34.1 Å². The third kappa shape index (κ3) is 7.79. The number of nitrogens with zero attached hydrogens (tertiary/aromatic N) is 2. The summed E-state index contributed by atoms with van der Waals surface area (Å²) in [7, 11) is 0. The lowest BCUT2D eigenvalue weighted by Gasteiger charge is -2.32. The molecule has 1 spiro atoms. The van der Waals surface area contributed by atoms with Crippen molar-refractivity contribution in [2.24, 2.45) is 0 Å². The van der Waals surface area contributed by atoms with E-state index in [1.165, 1.54) is 99.8 Å². The Hall–Kier alpha value is -10.3. The van der Waals surface area contributed by atoms with Gasteiger partial charge in [-0.2, -0.15) is 0 Å². The van der Waals surface area contributed by atoms with Crippen LogP contribution in [0.4, 0.5) is 34.1 Å². The maximum absolute atomic E-state index is 2.52. The fourth-order valence-corrected chi connectivity index (χ4v) is 12.9. The van der Waals surface area contributed by atoms with Gasteiger partial charge in [-0.15, -0.1) is 0 Å². The van der Waals surface area contributed by atoms with Crippen molar-refractivity contribution in [2.75, 3.05) is 9.80 Å². The summed E-state index contributed by atoms with van der Waals surface area (Å²) < 4.78 is 0. The van der Waals surface area contributed by atoms with E-state index < -0.39 is 5.41 Å². The van der Waals surface area contributed by atoms with Gasteiger partial charge in [-0.05, 0) is 197 Å². The molecule has 2 heteroatoms. The van der Waals surface area contributed by atoms with Crippen LogP contribution in [-0.4, -0.2) is 0 Å². The van der Waals surface area contributed by atoms with Crippen LogP contribution in [0.1, 0.15) is 22.3 Å². The molecule has 0 N–H and O–H groups in total. The van der Waals surface area contributed by atoms with Crippen molar-refractivity contribution in [3.8, 4) is 66.8 Å². The minimum atomic E-state index is -0.602. The van der Waals surface area contributed by atoms with Crippen molar-refractivity contribution in [3.05, 3.63) is 338 Å². The zero-order chi connectivity index (χ0) is 52.3. The summed E-state index contributed by atoms with van der Waals surface area (Å²) >= 11 is 0. The van der Waals surface area contributed by atoms with E-state index in [4.69, 9.17) is 0 Å². The van der Waals surface area contributed by atoms with Gasteiger partial charge < -0.3 is 9.80 Å². The van der Waals surface area contributed by atoms with Crippen LogP contribution in [0.2, 0.25) is 0 Å². The Kier molecular flexibility index (Phi) is 11.1. The van der Waals surface area contributed by atoms with Crippen LogP contribution in [0, 0.1) is 0 Å². The molecule has 15 rings (SSSR count). The van der Waals surface area contributed by atoms with Crippen LogP contribution in [0.15, 0.2) is 315 Å². The SMILES string of the molecule is c1ccc(-c2cc(-c3ccccc3)cc(N(c3ccccc3)c3ccc4c(c3)C3(c5ccccc5-c5ccccc53)c3cc5cc(N(c6ccccc6)c6cc(-c7ccccc7)cc(-c7ccccc7)c6)ccc5cc3-4)c2)cc1. The van der Waals surface area contributed by atoms with Crippen molar-refractivity contribution in [1.29, 1.82) is 0 Å². The minimum Gasteiger partial charge on any atom is -0.310 e. The average molecular weight is 1010 g/mol. The maximum Gasteiger partial charge on any atom is 0.0726 e. The van der Waals surface area contributed by atoms with Crippen LogP contribution >= 0.6 is 0 Å². The van der Waals surface area contributed by atoms with Crippen LogP contribution < -0.4 is 9.80 Å². The summed E-state index contributed by atoms with van der Waals surface area (Å²) in [6.45, 7) is 0. The zero-order valence-corrected chi connectivity index (χ0v) is 43.4. The maximum atomic E-state index is 2.52. The molecule has 0 saturated heterocycles. The molecule has 0 aromatic heterocycles. The Balaban J connectivity index is 0.947. The number of rotatable bonds is 10. The standard InChI is InChI=1S/C77H52N2/c1-7-23-53(24-8-1)58-43-59(54-25-9-2-10-26-54)47-67(46-58)78(63-31-15-5-16-32-63)65-40-39-57-50-72-71-42-41-66(52-76(71)77(75(72)51-62(57)45-65)73-37-21-19-35-69(73)70-36-20-22-38-74(70)77)79(64-33-17-6-18-34-64)68-48-60(55-27-11-3-12-28-55)44-61(49-68)56-29-13-4-14-30-56/h1-52H. The Labute approximate surface area is 462 Å². The second kappa shape index (κ2) is 19.1. The number of benzene rings is 13. The van der Waals surface area contributed by atoms with Gasteiger partial charge >= 0.3 is 0 Å². The first kappa shape index (κ1) is 46.1. The largest absolute Gasteiger partial charge is 0.310 e. The normalized spacial score (nSPS) is 12.4. The Bertz CT molecular complexity index is 4240. The highest BCUT2D eigenvalue weighted by atomic mass is 15.1. The molecule has 0 bridgehead atoms. The Morgan fingerprint density at radius 2 is 0.532 bits per heavy atom. The van der Waals surface area contributed by atoms with Gasteiger partial charge in [0.05, 0.1) is 5.41 Å². The molecule has 79 heavy (non-hydrogen) atoms. The van der Waals surface area contributed by atoms with Gasteiger partial charge in [0.15, 0.2) is 0 Å². The number of fused-ring (bicyclic) bond motifs is 11. The second-order valence-corrected chi connectivity index (χ2v) is 20.8. The topological polar surface area (TPSA) is 6.48 Å². The van der Waals surface area contributed by atoms with Gasteiger partial charge in [0.2, 0.25) is 0 Å². The van der Waals surface area contributed by atoms with Crippen molar-refractivity contribution in [3.63, 3.8) is 0 Å². The highest BCUT2D eigenvalue weighted by Crippen LogP contribution is 2.64. The zero-order valence-electron chi connectivity index (χ0n) is 43.4. The Morgan fingerprint density at radius 3 is 0.975 bits per heavy atom. The summed E-state index contributed by atoms with van der Waals surface area (Å²) in [4.78, 5) is 4.89. The third-order valence-corrected chi connectivity index (χ3v) is 16.3. The quantitative estimate of drug-likeness (QED) is 0.135. The molecule has 370 valence electrons. The van der Waals surface area contributed by atoms with E-state index in [9.17, 15) is 0 Å². The van der Waals surface area contributed by atoms with Gasteiger partial charge in [0.25, 0.3) is 0 Å². The summed E-state index contributed by atoms with van der Waals surface area (Å²) in [5, 5.41) is 2.38. The molecule has 0 fully saturated rings. The molecule has 2 aliphatic rings. The van der Waals surface area contributed by atoms with Crippen LogP contribution in [0.5, 0.6) is 0 Å². The molecule has 0 heterocycles. The third-order valence-electron chi connectivity index (χ3n) is 16.3. The lowest BCUT2D eigenvalue weighted by atomic mass is 9.70. The molecule has 13 aromatic rings. The predicted octanol–water partition coefficient (Wildman–Crippen LogP) is 20.8. The van der Waals surface area contributed by atoms with E-state index in [-0.39, 0.29) is 0 Å². The van der Waals surface area contributed by atoms with E-state index >= 15 is 0 Å². The smallest absolute Gasteiger partial charge is 0.0726 e. The van der Waals surface area contributed by atoms with Crippen molar-refractivity contribution < 1.29 is 0 Å². The lowest BCUT2D eigenvalue weighted by Crippen LogP contribution is -2.26. The molecule has 0 radical (unpaired) electrons. The number of hydrogen-bond donors (Lipinski definition) is 0. The Morgan fingerprint density at radius 1 is 0.177 bits per heavy atom. The molecule has 2 aliphatic carbocycles. The van der Waals surface area contributed by atoms with Crippen LogP contribution in [0.3, 0.4) is 0 Å². The lowest BCUT2D eigenvalue weighted by molar-refractivity contribution is 0.795. The summed E-state index contributed by atoms with van der Waals surface area (Å²) in [6, 6.07) is 116. The first-order valence-corrected chi connectivity index (χ1v) is 27.3. The minimum absolute atomic E-state index is 0.602. The molecule has 0 amide bonds. The van der Waals surface area contributed by atoms with Gasteiger partial charge in [-0.25, -0.2) is 0 Å². The van der Waals surface area contributed by atoms with E-state index in [2.05, 4.69) is 325 Å². The fourth-order valence-electron chi connectivity index (χ4n) is 12.9. The van der Waals surface area contributed by atoms with E-state index in [1.54, 1.807) is 0 Å². The number of hydrogen-bond acceptors (Lipinski definition) is 2. The average Bonchev–Trinajstić information content (AvgIpc) is 2.54. The number of anilines is 6. The molecular weight excluding hydrogens is 953 g/mol. The molecule has 0 aliphatic heterocycles. The van der Waals surface area contributed by atoms with Crippen molar-refractivity contribution >= 4 is 44.9 Å². The summed E-state index contributed by atoms with van der Waals surface area (Å²) in [5.74, 6) is 0. The van der Waals surface area contributed by atoms with Crippen molar-refractivity contribution in [1.82, 2.24) is 0 Å². The summed E-state index contributed by atoms with van der Waals surface area (Å²) in [5.41, 5.74) is 25.6. The number of para-hydroxylation sites is 2. The van der Waals surface area contributed by atoms with E-state index in [1.807, 2.05) is 0 Å². The summed E-state index contributed by atoms with van der Waals surface area (Å²) in [6.07, 6.45) is 0. The van der Waals surface area contributed by atoms with Crippen molar-refractivity contribution in [2.45, 2.75) is 5.41 Å². The molecule has 13 aromatic carbocycles.